The summed E-state index contributed by atoms with van der Waals surface area (Å²) in [6.07, 6.45) is 6.16. The van der Waals surface area contributed by atoms with Gasteiger partial charge in [0.15, 0.2) is 0 Å². The highest BCUT2D eigenvalue weighted by atomic mass is 16.5. The van der Waals surface area contributed by atoms with Crippen molar-refractivity contribution in [3.63, 3.8) is 0 Å². The molecule has 4 N–H and O–H groups in total. The minimum Gasteiger partial charge on any atom is -0.481 e. The van der Waals surface area contributed by atoms with Gasteiger partial charge in [0, 0.05) is 13.1 Å². The minimum absolute atomic E-state index is 0.0246. The maximum atomic E-state index is 12.2. The molecule has 2 fully saturated rings. The lowest BCUT2D eigenvalue weighted by atomic mass is 9.71. The molecule has 6 heteroatoms. The van der Waals surface area contributed by atoms with Crippen LogP contribution in [0.2, 0.25) is 0 Å². The fourth-order valence-electron chi connectivity index (χ4n) is 3.50. The van der Waals surface area contributed by atoms with Crippen molar-refractivity contribution >= 4 is 11.9 Å². The fourth-order valence-corrected chi connectivity index (χ4v) is 3.50. The number of rotatable bonds is 6. The number of carbonyl (C=O) groups is 2. The van der Waals surface area contributed by atoms with Crippen molar-refractivity contribution in [3.05, 3.63) is 0 Å². The van der Waals surface area contributed by atoms with Crippen molar-refractivity contribution in [2.45, 2.75) is 63.6 Å². The Labute approximate surface area is 125 Å². The molecule has 1 saturated carbocycles. The van der Waals surface area contributed by atoms with Gasteiger partial charge in [0.1, 0.15) is 6.10 Å². The average molecular weight is 298 g/mol. The summed E-state index contributed by atoms with van der Waals surface area (Å²) in [6, 6.07) is 0. The number of hydrogen-bond donors (Lipinski definition) is 3. The van der Waals surface area contributed by atoms with E-state index in [2.05, 4.69) is 5.32 Å². The van der Waals surface area contributed by atoms with Crippen LogP contribution >= 0.6 is 0 Å². The number of nitrogens with two attached hydrogens (primary N) is 1. The first-order chi connectivity index (χ1) is 10.0. The van der Waals surface area contributed by atoms with Crippen LogP contribution in [-0.4, -0.2) is 42.3 Å². The summed E-state index contributed by atoms with van der Waals surface area (Å²) in [7, 11) is 0. The maximum absolute atomic E-state index is 12.2. The van der Waals surface area contributed by atoms with Crippen LogP contribution in [0.4, 0.5) is 0 Å². The first kappa shape index (κ1) is 16.2. The molecule has 21 heavy (non-hydrogen) atoms. The van der Waals surface area contributed by atoms with Crippen LogP contribution in [-0.2, 0) is 14.3 Å². The molecular formula is C15H26N2O4. The summed E-state index contributed by atoms with van der Waals surface area (Å²) in [5.74, 6) is -0.909. The molecule has 2 aliphatic rings. The molecular weight excluding hydrogens is 272 g/mol. The molecule has 2 atom stereocenters. The van der Waals surface area contributed by atoms with Gasteiger partial charge in [-0.1, -0.05) is 19.3 Å². The van der Waals surface area contributed by atoms with E-state index in [-0.39, 0.29) is 23.8 Å². The van der Waals surface area contributed by atoms with Gasteiger partial charge in [-0.25, -0.2) is 0 Å². The third-order valence-electron chi connectivity index (χ3n) is 4.74. The quantitative estimate of drug-likeness (QED) is 0.680. The monoisotopic (exact) mass is 298 g/mol. The number of amides is 1. The predicted molar refractivity (Wildman–Crippen MR) is 77.7 cm³/mol. The highest BCUT2D eigenvalue weighted by Crippen LogP contribution is 2.38. The molecule has 2 rings (SSSR count). The van der Waals surface area contributed by atoms with E-state index in [1.807, 2.05) is 0 Å². The van der Waals surface area contributed by atoms with Crippen LogP contribution < -0.4 is 11.1 Å². The molecule has 1 aliphatic carbocycles. The Morgan fingerprint density at radius 3 is 2.52 bits per heavy atom. The Kier molecular flexibility index (Phi) is 5.58. The van der Waals surface area contributed by atoms with Crippen molar-refractivity contribution in [1.29, 1.82) is 0 Å². The zero-order valence-electron chi connectivity index (χ0n) is 12.5. The summed E-state index contributed by atoms with van der Waals surface area (Å²) < 4.78 is 5.57. The average Bonchev–Trinajstić information content (AvgIpc) is 2.94. The van der Waals surface area contributed by atoms with Crippen molar-refractivity contribution in [1.82, 2.24) is 5.32 Å². The lowest BCUT2D eigenvalue weighted by molar-refractivity contribution is -0.141. The van der Waals surface area contributed by atoms with E-state index < -0.39 is 12.1 Å². The molecule has 2 unspecified atom stereocenters. The highest BCUT2D eigenvalue weighted by Gasteiger charge is 2.36. The number of ether oxygens (including phenoxy) is 1. The first-order valence-corrected chi connectivity index (χ1v) is 7.90. The van der Waals surface area contributed by atoms with E-state index in [0.29, 0.717) is 19.5 Å². The number of aliphatic carboxylic acids is 1. The molecule has 0 aromatic heterocycles. The lowest BCUT2D eigenvalue weighted by Crippen LogP contribution is -2.44. The fraction of sp³-hybridized carbons (Fsp3) is 0.867. The second-order valence-electron chi connectivity index (χ2n) is 6.41. The van der Waals surface area contributed by atoms with Gasteiger partial charge < -0.3 is 20.9 Å². The standard InChI is InChI=1S/C15H26N2O4/c16-9-11-4-5-12(21-11)14(20)17-10-15(8-13(18)19)6-2-1-3-7-15/h11-12H,1-10,16H2,(H,17,20)(H,18,19). The second-order valence-corrected chi connectivity index (χ2v) is 6.41. The smallest absolute Gasteiger partial charge is 0.303 e. The first-order valence-electron chi connectivity index (χ1n) is 7.90. The van der Waals surface area contributed by atoms with Crippen LogP contribution in [0.5, 0.6) is 0 Å². The lowest BCUT2D eigenvalue weighted by Gasteiger charge is -2.36. The van der Waals surface area contributed by atoms with E-state index in [4.69, 9.17) is 15.6 Å². The van der Waals surface area contributed by atoms with E-state index in [9.17, 15) is 9.59 Å². The van der Waals surface area contributed by atoms with Crippen LogP contribution in [0.15, 0.2) is 0 Å². The van der Waals surface area contributed by atoms with Crippen LogP contribution in [0, 0.1) is 5.41 Å². The Bertz CT molecular complexity index is 380. The number of nitrogens with one attached hydrogen (secondary N) is 1. The molecule has 0 aromatic carbocycles. The molecule has 1 aliphatic heterocycles. The third-order valence-corrected chi connectivity index (χ3v) is 4.74. The Balaban J connectivity index is 1.86. The highest BCUT2D eigenvalue weighted by molar-refractivity contribution is 5.81. The molecule has 120 valence electrons. The normalized spacial score (nSPS) is 28.2. The van der Waals surface area contributed by atoms with Crippen LogP contribution in [0.25, 0.3) is 0 Å². The summed E-state index contributed by atoms with van der Waals surface area (Å²) in [6.45, 7) is 0.873. The molecule has 0 aromatic rings. The molecule has 0 bridgehead atoms. The maximum Gasteiger partial charge on any atom is 0.303 e. The largest absolute Gasteiger partial charge is 0.481 e. The minimum atomic E-state index is -0.786. The summed E-state index contributed by atoms with van der Waals surface area (Å²) >= 11 is 0. The Hall–Kier alpha value is -1.14. The molecule has 1 saturated heterocycles. The van der Waals surface area contributed by atoms with Gasteiger partial charge in [0.05, 0.1) is 12.5 Å². The SMILES string of the molecule is NCC1CCC(C(=O)NCC2(CC(=O)O)CCCCC2)O1. The van der Waals surface area contributed by atoms with Gasteiger partial charge in [0.2, 0.25) is 5.91 Å². The van der Waals surface area contributed by atoms with Crippen LogP contribution in [0.3, 0.4) is 0 Å². The van der Waals surface area contributed by atoms with Gasteiger partial charge in [-0.2, -0.15) is 0 Å². The van der Waals surface area contributed by atoms with Gasteiger partial charge in [-0.15, -0.1) is 0 Å². The summed E-state index contributed by atoms with van der Waals surface area (Å²) in [5, 5.41) is 12.0. The number of hydrogen-bond acceptors (Lipinski definition) is 4. The molecule has 1 heterocycles. The second kappa shape index (κ2) is 7.22. The topological polar surface area (TPSA) is 102 Å². The molecule has 0 spiro atoms. The Morgan fingerprint density at radius 2 is 1.95 bits per heavy atom. The number of carboxylic acids is 1. The number of carbonyl (C=O) groups excluding carboxylic acids is 1. The van der Waals surface area contributed by atoms with Crippen molar-refractivity contribution in [2.75, 3.05) is 13.1 Å². The zero-order chi connectivity index (χ0) is 15.3. The van der Waals surface area contributed by atoms with Crippen LogP contribution in [0.1, 0.15) is 51.4 Å². The van der Waals surface area contributed by atoms with Gasteiger partial charge >= 0.3 is 5.97 Å². The van der Waals surface area contributed by atoms with E-state index in [1.165, 1.54) is 0 Å². The van der Waals surface area contributed by atoms with Crippen molar-refractivity contribution in [3.8, 4) is 0 Å². The third kappa shape index (κ3) is 4.41. The van der Waals surface area contributed by atoms with Gasteiger partial charge in [-0.05, 0) is 31.1 Å². The summed E-state index contributed by atoms with van der Waals surface area (Å²) in [5.41, 5.74) is 5.25. The molecule has 0 radical (unpaired) electrons. The predicted octanol–water partition coefficient (Wildman–Crippen LogP) is 1.03. The molecule has 1 amide bonds. The van der Waals surface area contributed by atoms with E-state index in [1.54, 1.807) is 0 Å². The Morgan fingerprint density at radius 1 is 1.24 bits per heavy atom. The molecule has 6 nitrogen and oxygen atoms in total. The number of carboxylic acid groups (broad SMARTS) is 1. The van der Waals surface area contributed by atoms with Crippen molar-refractivity contribution < 1.29 is 19.4 Å². The van der Waals surface area contributed by atoms with Gasteiger partial charge in [0.25, 0.3) is 0 Å². The summed E-state index contributed by atoms with van der Waals surface area (Å²) in [4.78, 5) is 23.3. The zero-order valence-corrected chi connectivity index (χ0v) is 12.5. The van der Waals surface area contributed by atoms with Gasteiger partial charge in [-0.3, -0.25) is 9.59 Å². The van der Waals surface area contributed by atoms with E-state index >= 15 is 0 Å². The van der Waals surface area contributed by atoms with E-state index in [0.717, 1.165) is 38.5 Å². The van der Waals surface area contributed by atoms with Crippen molar-refractivity contribution in [2.24, 2.45) is 11.1 Å².